The average molecular weight is 313 g/mol. The van der Waals surface area contributed by atoms with Gasteiger partial charge in [-0.2, -0.15) is 5.26 Å². The van der Waals surface area contributed by atoms with E-state index in [1.165, 1.54) is 18.9 Å². The van der Waals surface area contributed by atoms with Crippen LogP contribution in [0.1, 0.15) is 18.4 Å². The minimum absolute atomic E-state index is 0.165. The van der Waals surface area contributed by atoms with Crippen molar-refractivity contribution >= 4 is 15.9 Å². The highest BCUT2D eigenvalue weighted by Gasteiger charge is 2.25. The van der Waals surface area contributed by atoms with Crippen LogP contribution in [0, 0.1) is 17.1 Å². The lowest BCUT2D eigenvalue weighted by Crippen LogP contribution is -2.26. The molecular formula is C13H14BrFN2O. The molecule has 0 amide bonds. The highest BCUT2D eigenvalue weighted by Crippen LogP contribution is 2.28. The number of nitrogens with zero attached hydrogens (tertiary/aromatic N) is 2. The van der Waals surface area contributed by atoms with E-state index in [0.717, 1.165) is 6.54 Å². The molecule has 3 nitrogen and oxygen atoms in total. The highest BCUT2D eigenvalue weighted by molar-refractivity contribution is 9.10. The van der Waals surface area contributed by atoms with Gasteiger partial charge in [0, 0.05) is 12.6 Å². The Labute approximate surface area is 114 Å². The van der Waals surface area contributed by atoms with Gasteiger partial charge < -0.3 is 9.64 Å². The summed E-state index contributed by atoms with van der Waals surface area (Å²) in [6, 6.07) is 5.63. The molecule has 0 bridgehead atoms. The number of ether oxygens (including phenoxy) is 1. The number of hydrogen-bond donors (Lipinski definition) is 0. The van der Waals surface area contributed by atoms with Gasteiger partial charge in [-0.25, -0.2) is 4.39 Å². The zero-order chi connectivity index (χ0) is 13.1. The van der Waals surface area contributed by atoms with Crippen molar-refractivity contribution in [3.8, 4) is 11.8 Å². The Balaban J connectivity index is 1.93. The van der Waals surface area contributed by atoms with Gasteiger partial charge in [-0.15, -0.1) is 0 Å². The molecule has 0 aliphatic heterocycles. The molecule has 0 saturated heterocycles. The van der Waals surface area contributed by atoms with E-state index in [2.05, 4.69) is 20.8 Å². The molecule has 18 heavy (non-hydrogen) atoms. The smallest absolute Gasteiger partial charge is 0.180 e. The fourth-order valence-electron chi connectivity index (χ4n) is 1.73. The van der Waals surface area contributed by atoms with Gasteiger partial charge in [0.05, 0.1) is 10.0 Å². The molecule has 1 saturated carbocycles. The van der Waals surface area contributed by atoms with Gasteiger partial charge in [0.15, 0.2) is 11.6 Å². The van der Waals surface area contributed by atoms with E-state index >= 15 is 0 Å². The lowest BCUT2D eigenvalue weighted by atomic mass is 10.2. The maximum atomic E-state index is 13.8. The molecule has 2 rings (SSSR count). The van der Waals surface area contributed by atoms with Crippen LogP contribution in [0.5, 0.6) is 5.75 Å². The number of likely N-dealkylation sites (N-methyl/N-ethyl adjacent to an activating group) is 1. The third-order valence-electron chi connectivity index (χ3n) is 3.04. The molecule has 1 aliphatic rings. The monoisotopic (exact) mass is 312 g/mol. The lowest BCUT2D eigenvalue weighted by molar-refractivity contribution is 0.225. The average Bonchev–Trinajstić information content (AvgIpc) is 3.19. The fourth-order valence-corrected chi connectivity index (χ4v) is 2.14. The molecule has 0 aromatic heterocycles. The first-order chi connectivity index (χ1) is 8.63. The van der Waals surface area contributed by atoms with Crippen molar-refractivity contribution in [2.45, 2.75) is 18.9 Å². The van der Waals surface area contributed by atoms with Gasteiger partial charge in [0.25, 0.3) is 0 Å². The van der Waals surface area contributed by atoms with Crippen molar-refractivity contribution in [2.24, 2.45) is 0 Å². The summed E-state index contributed by atoms with van der Waals surface area (Å²) in [5.74, 6) is -0.326. The summed E-state index contributed by atoms with van der Waals surface area (Å²) in [7, 11) is 2.05. The predicted molar refractivity (Wildman–Crippen MR) is 70.0 cm³/mol. The molecule has 1 aliphatic carbocycles. The molecule has 1 fully saturated rings. The van der Waals surface area contributed by atoms with Crippen molar-refractivity contribution in [3.05, 3.63) is 28.0 Å². The molecule has 0 spiro atoms. The Morgan fingerprint density at radius 3 is 2.89 bits per heavy atom. The molecule has 0 radical (unpaired) electrons. The maximum Gasteiger partial charge on any atom is 0.180 e. The Hall–Kier alpha value is -1.12. The minimum Gasteiger partial charge on any atom is -0.489 e. The standard InChI is InChI=1S/C13H14BrFN2O/c1-17(10-3-4-10)6-7-18-11-5-2-9(8-16)12(14)13(11)15/h2,5,10H,3-4,6-7H2,1H3. The summed E-state index contributed by atoms with van der Waals surface area (Å²) < 4.78 is 19.4. The van der Waals surface area contributed by atoms with Crippen LogP contribution in [-0.4, -0.2) is 31.1 Å². The van der Waals surface area contributed by atoms with E-state index in [1.54, 1.807) is 6.07 Å². The van der Waals surface area contributed by atoms with E-state index in [-0.39, 0.29) is 15.8 Å². The van der Waals surface area contributed by atoms with Crippen LogP contribution in [-0.2, 0) is 0 Å². The summed E-state index contributed by atoms with van der Waals surface area (Å²) in [5.41, 5.74) is 0.273. The topological polar surface area (TPSA) is 36.3 Å². The highest BCUT2D eigenvalue weighted by atomic mass is 79.9. The van der Waals surface area contributed by atoms with Crippen LogP contribution in [0.4, 0.5) is 4.39 Å². The molecule has 1 aromatic carbocycles. The van der Waals surface area contributed by atoms with Crippen LogP contribution < -0.4 is 4.74 Å². The molecule has 0 atom stereocenters. The second-order valence-electron chi connectivity index (χ2n) is 4.41. The van der Waals surface area contributed by atoms with Crippen LogP contribution in [0.25, 0.3) is 0 Å². The van der Waals surface area contributed by atoms with Gasteiger partial charge in [-0.05, 0) is 48.0 Å². The molecule has 0 unspecified atom stereocenters. The van der Waals surface area contributed by atoms with E-state index < -0.39 is 5.82 Å². The Kier molecular flexibility index (Phi) is 4.20. The fraction of sp³-hybridized carbons (Fsp3) is 0.462. The van der Waals surface area contributed by atoms with Crippen molar-refractivity contribution in [3.63, 3.8) is 0 Å². The SMILES string of the molecule is CN(CCOc1ccc(C#N)c(Br)c1F)C1CC1. The van der Waals surface area contributed by atoms with Crippen LogP contribution in [0.15, 0.2) is 16.6 Å². The maximum absolute atomic E-state index is 13.8. The summed E-state index contributed by atoms with van der Waals surface area (Å²) >= 11 is 3.06. The van der Waals surface area contributed by atoms with Gasteiger partial charge >= 0.3 is 0 Å². The van der Waals surface area contributed by atoms with Gasteiger partial charge in [-0.1, -0.05) is 0 Å². The summed E-state index contributed by atoms with van der Waals surface area (Å²) in [6.07, 6.45) is 2.49. The first-order valence-corrected chi connectivity index (χ1v) is 6.64. The molecule has 96 valence electrons. The zero-order valence-electron chi connectivity index (χ0n) is 10.1. The van der Waals surface area contributed by atoms with E-state index in [0.29, 0.717) is 12.6 Å². The minimum atomic E-state index is -0.511. The van der Waals surface area contributed by atoms with Gasteiger partial charge in [0.1, 0.15) is 12.7 Å². The zero-order valence-corrected chi connectivity index (χ0v) is 11.7. The van der Waals surface area contributed by atoms with Gasteiger partial charge in [-0.3, -0.25) is 0 Å². The number of hydrogen-bond acceptors (Lipinski definition) is 3. The predicted octanol–water partition coefficient (Wildman–Crippen LogP) is 2.93. The molecular weight excluding hydrogens is 299 g/mol. The van der Waals surface area contributed by atoms with Gasteiger partial charge in [0.2, 0.25) is 0 Å². The quantitative estimate of drug-likeness (QED) is 0.838. The van der Waals surface area contributed by atoms with Crippen LogP contribution in [0.2, 0.25) is 0 Å². The van der Waals surface area contributed by atoms with Crippen LogP contribution >= 0.6 is 15.9 Å². The largest absolute Gasteiger partial charge is 0.489 e. The number of halogens is 2. The Bertz CT molecular complexity index is 483. The van der Waals surface area contributed by atoms with E-state index in [1.807, 2.05) is 13.1 Å². The molecule has 5 heteroatoms. The second-order valence-corrected chi connectivity index (χ2v) is 5.20. The number of rotatable bonds is 5. The Morgan fingerprint density at radius 1 is 1.56 bits per heavy atom. The molecule has 0 N–H and O–H groups in total. The van der Waals surface area contributed by atoms with Crippen molar-refractivity contribution in [2.75, 3.05) is 20.2 Å². The normalized spacial score (nSPS) is 14.6. The first kappa shape index (κ1) is 13.3. The van der Waals surface area contributed by atoms with Crippen molar-refractivity contribution < 1.29 is 9.13 Å². The van der Waals surface area contributed by atoms with E-state index in [9.17, 15) is 4.39 Å². The first-order valence-electron chi connectivity index (χ1n) is 5.84. The molecule has 0 heterocycles. The summed E-state index contributed by atoms with van der Waals surface area (Å²) in [4.78, 5) is 2.22. The Morgan fingerprint density at radius 2 is 2.28 bits per heavy atom. The third-order valence-corrected chi connectivity index (χ3v) is 3.81. The lowest BCUT2D eigenvalue weighted by Gasteiger charge is -2.16. The van der Waals surface area contributed by atoms with Crippen molar-refractivity contribution in [1.29, 1.82) is 5.26 Å². The third kappa shape index (κ3) is 3.01. The summed E-state index contributed by atoms with van der Waals surface area (Å²) in [6.45, 7) is 1.23. The number of benzene rings is 1. The number of nitriles is 1. The van der Waals surface area contributed by atoms with Crippen molar-refractivity contribution in [1.82, 2.24) is 4.90 Å². The molecule has 1 aromatic rings. The second kappa shape index (κ2) is 5.68. The van der Waals surface area contributed by atoms with E-state index in [4.69, 9.17) is 10.00 Å². The van der Waals surface area contributed by atoms with Crippen LogP contribution in [0.3, 0.4) is 0 Å². The summed E-state index contributed by atoms with van der Waals surface area (Å²) in [5, 5.41) is 8.76.